The highest BCUT2D eigenvalue weighted by atomic mass is 35.5. The highest BCUT2D eigenvalue weighted by Gasteiger charge is 2.33. The Balaban J connectivity index is 2.30. The van der Waals surface area contributed by atoms with E-state index in [9.17, 15) is 16.8 Å². The zero-order valence-corrected chi connectivity index (χ0v) is 17.3. The van der Waals surface area contributed by atoms with Gasteiger partial charge in [0, 0.05) is 25.4 Å². The summed E-state index contributed by atoms with van der Waals surface area (Å²) in [5, 5.41) is 0.0267. The highest BCUT2D eigenvalue weighted by molar-refractivity contribution is 7.91. The summed E-state index contributed by atoms with van der Waals surface area (Å²) in [6.45, 7) is 5.91. The molecule has 1 fully saturated rings. The average Bonchev–Trinajstić information content (AvgIpc) is 2.53. The van der Waals surface area contributed by atoms with E-state index in [2.05, 4.69) is 18.7 Å². The Kier molecular flexibility index (Phi) is 6.21. The number of halogens is 1. The molecular weight excluding hydrogens is 384 g/mol. The van der Waals surface area contributed by atoms with E-state index < -0.39 is 19.9 Å². The quantitative estimate of drug-likeness (QED) is 0.746. The van der Waals surface area contributed by atoms with Crippen molar-refractivity contribution in [1.82, 2.24) is 9.21 Å². The molecule has 0 unspecified atom stereocenters. The van der Waals surface area contributed by atoms with Crippen LogP contribution < -0.4 is 0 Å². The molecule has 0 aromatic heterocycles. The van der Waals surface area contributed by atoms with Crippen LogP contribution in [0.25, 0.3) is 0 Å². The largest absolute Gasteiger partial charge is 0.301 e. The van der Waals surface area contributed by atoms with E-state index in [4.69, 9.17) is 11.6 Å². The molecule has 0 radical (unpaired) electrons. The van der Waals surface area contributed by atoms with Crippen LogP contribution in [0.2, 0.25) is 5.02 Å². The van der Waals surface area contributed by atoms with E-state index in [0.717, 1.165) is 38.3 Å². The minimum atomic E-state index is -3.87. The van der Waals surface area contributed by atoms with Gasteiger partial charge < -0.3 is 4.90 Å². The lowest BCUT2D eigenvalue weighted by Crippen LogP contribution is -2.47. The molecule has 0 atom stereocenters. The Labute approximate surface area is 155 Å². The molecule has 9 heteroatoms. The topological polar surface area (TPSA) is 74.8 Å². The Morgan fingerprint density at radius 3 is 2.20 bits per heavy atom. The molecule has 0 N–H and O–H groups in total. The highest BCUT2D eigenvalue weighted by Crippen LogP contribution is 2.30. The van der Waals surface area contributed by atoms with Crippen LogP contribution in [0.15, 0.2) is 28.0 Å². The van der Waals surface area contributed by atoms with Gasteiger partial charge in [0.2, 0.25) is 10.0 Å². The van der Waals surface area contributed by atoms with E-state index in [0.29, 0.717) is 6.04 Å². The van der Waals surface area contributed by atoms with Crippen LogP contribution in [0.3, 0.4) is 0 Å². The molecule has 2 rings (SSSR count). The number of likely N-dealkylation sites (tertiary alicyclic amines) is 1. The third kappa shape index (κ3) is 4.54. The molecule has 1 aliphatic heterocycles. The summed E-state index contributed by atoms with van der Waals surface area (Å²) in [7, 11) is -5.85. The van der Waals surface area contributed by atoms with Gasteiger partial charge in [0.1, 0.15) is 4.90 Å². The second kappa shape index (κ2) is 7.52. The van der Waals surface area contributed by atoms with Gasteiger partial charge in [0.15, 0.2) is 9.84 Å². The van der Waals surface area contributed by atoms with Gasteiger partial charge in [-0.15, -0.1) is 0 Å². The standard InChI is InChI=1S/C16H25ClN2O4S2/c1-12(2)19-9-7-13(8-10-19)18(3)25(22,23)16-11-14(24(4,20)21)5-6-15(16)17/h5-6,11-13H,7-10H2,1-4H3. The van der Waals surface area contributed by atoms with Crippen LogP contribution in [-0.2, 0) is 19.9 Å². The van der Waals surface area contributed by atoms with Crippen molar-refractivity contribution in [3.05, 3.63) is 23.2 Å². The molecule has 0 amide bonds. The number of sulfonamides is 1. The Bertz CT molecular complexity index is 830. The SMILES string of the molecule is CC(C)N1CCC(N(C)S(=O)(=O)c2cc(S(C)(=O)=O)ccc2Cl)CC1. The predicted molar refractivity (Wildman–Crippen MR) is 99.2 cm³/mol. The lowest BCUT2D eigenvalue weighted by atomic mass is 10.0. The molecule has 1 heterocycles. The number of rotatable bonds is 5. The van der Waals surface area contributed by atoms with Crippen LogP contribution in [0, 0.1) is 0 Å². The number of sulfone groups is 1. The molecule has 1 aliphatic rings. The van der Waals surface area contributed by atoms with Crippen molar-refractivity contribution < 1.29 is 16.8 Å². The summed E-state index contributed by atoms with van der Waals surface area (Å²) >= 11 is 6.07. The number of nitrogens with zero attached hydrogens (tertiary/aromatic N) is 2. The third-order valence-corrected chi connectivity index (χ3v) is 8.23. The lowest BCUT2D eigenvalue weighted by molar-refractivity contribution is 0.140. The summed E-state index contributed by atoms with van der Waals surface area (Å²) in [6, 6.07) is 4.09. The van der Waals surface area contributed by atoms with Gasteiger partial charge >= 0.3 is 0 Å². The fourth-order valence-electron chi connectivity index (χ4n) is 3.03. The number of hydrogen-bond acceptors (Lipinski definition) is 5. The van der Waals surface area contributed by atoms with Crippen molar-refractivity contribution in [2.75, 3.05) is 26.4 Å². The van der Waals surface area contributed by atoms with Gasteiger partial charge in [-0.2, -0.15) is 4.31 Å². The van der Waals surface area contributed by atoms with Gasteiger partial charge in [-0.1, -0.05) is 11.6 Å². The maximum absolute atomic E-state index is 13.0. The van der Waals surface area contributed by atoms with Crippen LogP contribution in [0.5, 0.6) is 0 Å². The van der Waals surface area contributed by atoms with Crippen molar-refractivity contribution in [3.63, 3.8) is 0 Å². The van der Waals surface area contributed by atoms with E-state index in [1.165, 1.54) is 23.5 Å². The molecule has 6 nitrogen and oxygen atoms in total. The van der Waals surface area contributed by atoms with Crippen molar-refractivity contribution in [1.29, 1.82) is 0 Å². The monoisotopic (exact) mass is 408 g/mol. The van der Waals surface area contributed by atoms with Crippen molar-refractivity contribution >= 4 is 31.5 Å². The first-order valence-electron chi connectivity index (χ1n) is 8.16. The maximum Gasteiger partial charge on any atom is 0.244 e. The lowest BCUT2D eigenvalue weighted by Gasteiger charge is -2.38. The first kappa shape index (κ1) is 20.6. The Hall–Kier alpha value is -0.670. The number of piperidine rings is 1. The Morgan fingerprint density at radius 1 is 1.16 bits per heavy atom. The molecule has 0 aliphatic carbocycles. The van der Waals surface area contributed by atoms with Gasteiger partial charge in [-0.3, -0.25) is 0 Å². The molecule has 1 aromatic carbocycles. The summed E-state index contributed by atoms with van der Waals surface area (Å²) in [5.41, 5.74) is 0. The normalized spacial score (nSPS) is 18.2. The van der Waals surface area contributed by atoms with Gasteiger partial charge in [-0.05, 0) is 58.0 Å². The third-order valence-electron chi connectivity index (χ3n) is 4.73. The van der Waals surface area contributed by atoms with Crippen molar-refractivity contribution in [3.8, 4) is 0 Å². The zero-order valence-electron chi connectivity index (χ0n) is 14.9. The molecular formula is C16H25ClN2O4S2. The first-order valence-corrected chi connectivity index (χ1v) is 11.9. The van der Waals surface area contributed by atoms with E-state index in [1.54, 1.807) is 0 Å². The predicted octanol–water partition coefficient (Wildman–Crippen LogP) is 2.24. The molecule has 0 saturated carbocycles. The zero-order chi connectivity index (χ0) is 19.0. The van der Waals surface area contributed by atoms with Crippen LogP contribution in [-0.4, -0.2) is 64.5 Å². The van der Waals surface area contributed by atoms with Gasteiger partial charge in [0.25, 0.3) is 0 Å². The molecule has 0 bridgehead atoms. The second-order valence-electron chi connectivity index (χ2n) is 6.75. The maximum atomic E-state index is 13.0. The minimum Gasteiger partial charge on any atom is -0.301 e. The summed E-state index contributed by atoms with van der Waals surface area (Å²) in [5.74, 6) is 0. The minimum absolute atomic E-state index is 0.0267. The molecule has 25 heavy (non-hydrogen) atoms. The van der Waals surface area contributed by atoms with Crippen molar-refractivity contribution in [2.45, 2.75) is 48.6 Å². The Morgan fingerprint density at radius 2 is 1.72 bits per heavy atom. The second-order valence-corrected chi connectivity index (χ2v) is 11.1. The number of hydrogen-bond donors (Lipinski definition) is 0. The fourth-order valence-corrected chi connectivity index (χ4v) is 5.66. The van der Waals surface area contributed by atoms with E-state index >= 15 is 0 Å². The summed E-state index contributed by atoms with van der Waals surface area (Å²) in [4.78, 5) is 2.10. The number of benzene rings is 1. The summed E-state index contributed by atoms with van der Waals surface area (Å²) < 4.78 is 50.8. The fraction of sp³-hybridized carbons (Fsp3) is 0.625. The van der Waals surface area contributed by atoms with Crippen molar-refractivity contribution in [2.24, 2.45) is 0 Å². The van der Waals surface area contributed by atoms with Crippen LogP contribution >= 0.6 is 11.6 Å². The van der Waals surface area contributed by atoms with Crippen LogP contribution in [0.4, 0.5) is 0 Å². The summed E-state index contributed by atoms with van der Waals surface area (Å²) in [6.07, 6.45) is 2.51. The first-order chi connectivity index (χ1) is 11.4. The van der Waals surface area contributed by atoms with Crippen LogP contribution in [0.1, 0.15) is 26.7 Å². The van der Waals surface area contributed by atoms with Gasteiger partial charge in [0.05, 0.1) is 9.92 Å². The van der Waals surface area contributed by atoms with E-state index in [-0.39, 0.29) is 20.9 Å². The molecule has 0 spiro atoms. The van der Waals surface area contributed by atoms with E-state index in [1.807, 2.05) is 0 Å². The molecule has 1 saturated heterocycles. The van der Waals surface area contributed by atoms with Gasteiger partial charge in [-0.25, -0.2) is 16.8 Å². The molecule has 1 aromatic rings. The molecule has 142 valence electrons. The average molecular weight is 409 g/mol. The smallest absolute Gasteiger partial charge is 0.244 e.